The lowest BCUT2D eigenvalue weighted by atomic mass is 10.2. The van der Waals surface area contributed by atoms with Crippen LogP contribution in [0.2, 0.25) is 0 Å². The molecule has 0 spiro atoms. The maximum atomic E-state index is 12.3. The van der Waals surface area contributed by atoms with Crippen LogP contribution in [0.25, 0.3) is 0 Å². The first-order valence-corrected chi connectivity index (χ1v) is 8.49. The number of ether oxygens (including phenoxy) is 2. The van der Waals surface area contributed by atoms with Gasteiger partial charge in [0.1, 0.15) is 17.0 Å². The molecular weight excluding hydrogens is 364 g/mol. The predicted molar refractivity (Wildman–Crippen MR) is 103 cm³/mol. The van der Waals surface area contributed by atoms with Gasteiger partial charge in [-0.1, -0.05) is 0 Å². The summed E-state index contributed by atoms with van der Waals surface area (Å²) in [5, 5.41) is 25.4. The summed E-state index contributed by atoms with van der Waals surface area (Å²) >= 11 is 1.05. The molecule has 0 aliphatic heterocycles. The highest BCUT2D eigenvalue weighted by Crippen LogP contribution is 2.29. The van der Waals surface area contributed by atoms with Crippen LogP contribution in [0.15, 0.2) is 59.1 Å². The second-order valence-corrected chi connectivity index (χ2v) is 5.91. The minimum atomic E-state index is -0.561. The Kier molecular flexibility index (Phi) is 7.12. The number of thioether (sulfide) groups is 1. The molecule has 0 radical (unpaired) electrons. The smallest absolute Gasteiger partial charge is 0.267 e. The van der Waals surface area contributed by atoms with Gasteiger partial charge in [-0.15, -0.1) is 0 Å². The van der Waals surface area contributed by atoms with Crippen molar-refractivity contribution in [2.45, 2.75) is 4.90 Å². The van der Waals surface area contributed by atoms with Crippen molar-refractivity contribution < 1.29 is 14.3 Å². The van der Waals surface area contributed by atoms with Crippen molar-refractivity contribution >= 4 is 29.0 Å². The molecule has 2 aromatic carbocycles. The van der Waals surface area contributed by atoms with Crippen LogP contribution in [-0.4, -0.2) is 20.1 Å². The van der Waals surface area contributed by atoms with Gasteiger partial charge in [0.15, 0.2) is 11.5 Å². The summed E-state index contributed by atoms with van der Waals surface area (Å²) in [4.78, 5) is 13.1. The van der Waals surface area contributed by atoms with E-state index < -0.39 is 5.91 Å². The van der Waals surface area contributed by atoms with Gasteiger partial charge in [-0.2, -0.15) is 10.5 Å². The van der Waals surface area contributed by atoms with Gasteiger partial charge in [-0.25, -0.2) is 0 Å². The van der Waals surface area contributed by atoms with Crippen molar-refractivity contribution in [2.24, 2.45) is 0 Å². The van der Waals surface area contributed by atoms with Gasteiger partial charge >= 0.3 is 0 Å². The van der Waals surface area contributed by atoms with Crippen LogP contribution in [0.3, 0.4) is 0 Å². The zero-order valence-electron chi connectivity index (χ0n) is 14.6. The summed E-state index contributed by atoms with van der Waals surface area (Å²) in [7, 11) is 3.01. The first-order valence-electron chi connectivity index (χ1n) is 7.67. The number of hydrogen-bond donors (Lipinski definition) is 2. The average molecular weight is 380 g/mol. The number of thiocyanates is 1. The van der Waals surface area contributed by atoms with Gasteiger partial charge in [-0.3, -0.25) is 4.79 Å². The number of nitrogens with zero attached hydrogens (tertiary/aromatic N) is 2. The fraction of sp³-hybridized carbons (Fsp3) is 0.105. The molecule has 0 bridgehead atoms. The largest absolute Gasteiger partial charge is 0.493 e. The number of methoxy groups -OCH3 is 2. The topological polar surface area (TPSA) is 107 Å². The lowest BCUT2D eigenvalue weighted by Crippen LogP contribution is -2.14. The Bertz CT molecular complexity index is 927. The predicted octanol–water partition coefficient (Wildman–Crippen LogP) is 3.74. The minimum Gasteiger partial charge on any atom is -0.493 e. The Morgan fingerprint density at radius 1 is 1.04 bits per heavy atom. The maximum absolute atomic E-state index is 12.3. The molecular formula is C19H16N4O3S. The highest BCUT2D eigenvalue weighted by molar-refractivity contribution is 8.03. The molecule has 0 saturated heterocycles. The van der Waals surface area contributed by atoms with Crippen LogP contribution in [0.5, 0.6) is 11.5 Å². The molecule has 0 heterocycles. The Morgan fingerprint density at radius 3 is 2.30 bits per heavy atom. The van der Waals surface area contributed by atoms with E-state index in [2.05, 4.69) is 10.6 Å². The van der Waals surface area contributed by atoms with Crippen LogP contribution in [-0.2, 0) is 4.79 Å². The van der Waals surface area contributed by atoms with Crippen molar-refractivity contribution in [1.29, 1.82) is 10.5 Å². The van der Waals surface area contributed by atoms with Crippen LogP contribution in [0.1, 0.15) is 0 Å². The summed E-state index contributed by atoms with van der Waals surface area (Å²) in [6.45, 7) is 0. The highest BCUT2D eigenvalue weighted by Gasteiger charge is 2.11. The molecule has 8 heteroatoms. The Morgan fingerprint density at radius 2 is 1.70 bits per heavy atom. The van der Waals surface area contributed by atoms with Gasteiger partial charge in [0, 0.05) is 28.5 Å². The third kappa shape index (κ3) is 5.43. The number of carbonyl (C=O) groups excluding carboxylic acids is 1. The molecule has 2 rings (SSSR count). The number of rotatable bonds is 7. The summed E-state index contributed by atoms with van der Waals surface area (Å²) < 4.78 is 10.3. The zero-order chi connectivity index (χ0) is 19.6. The molecule has 0 aliphatic rings. The molecule has 0 aliphatic carbocycles. The molecule has 0 atom stereocenters. The zero-order valence-corrected chi connectivity index (χ0v) is 15.5. The van der Waals surface area contributed by atoms with Crippen molar-refractivity contribution in [3.05, 3.63) is 54.2 Å². The van der Waals surface area contributed by atoms with Gasteiger partial charge in [0.05, 0.1) is 14.2 Å². The first kappa shape index (κ1) is 19.7. The molecule has 7 nitrogen and oxygen atoms in total. The van der Waals surface area contributed by atoms with Crippen molar-refractivity contribution in [1.82, 2.24) is 0 Å². The van der Waals surface area contributed by atoms with E-state index >= 15 is 0 Å². The summed E-state index contributed by atoms with van der Waals surface area (Å²) in [6.07, 6.45) is 1.32. The normalized spacial score (nSPS) is 10.3. The van der Waals surface area contributed by atoms with E-state index in [1.807, 2.05) is 11.5 Å². The van der Waals surface area contributed by atoms with E-state index in [4.69, 9.17) is 14.7 Å². The SMILES string of the molecule is COc1ccc(NC(=O)/C(C#N)=C\Nc2ccc(SC#N)cc2)cc1OC. The van der Waals surface area contributed by atoms with E-state index in [0.717, 1.165) is 16.7 Å². The van der Waals surface area contributed by atoms with Crippen molar-refractivity contribution in [3.63, 3.8) is 0 Å². The minimum absolute atomic E-state index is 0.0970. The van der Waals surface area contributed by atoms with E-state index in [0.29, 0.717) is 22.9 Å². The monoisotopic (exact) mass is 380 g/mol. The lowest BCUT2D eigenvalue weighted by molar-refractivity contribution is -0.112. The fourth-order valence-corrected chi connectivity index (χ4v) is 2.47. The van der Waals surface area contributed by atoms with Crippen molar-refractivity contribution in [3.8, 4) is 23.0 Å². The number of benzene rings is 2. The van der Waals surface area contributed by atoms with Crippen LogP contribution in [0, 0.1) is 22.0 Å². The molecule has 1 amide bonds. The Labute approximate surface area is 161 Å². The number of hydrogen-bond acceptors (Lipinski definition) is 7. The second kappa shape index (κ2) is 9.76. The molecule has 0 aromatic heterocycles. The van der Waals surface area contributed by atoms with E-state index in [-0.39, 0.29) is 5.57 Å². The number of nitriles is 2. The van der Waals surface area contributed by atoms with Gasteiger partial charge in [-0.05, 0) is 48.2 Å². The molecule has 0 unspecified atom stereocenters. The Hall–Kier alpha value is -3.62. The molecule has 2 aromatic rings. The molecule has 0 saturated carbocycles. The van der Waals surface area contributed by atoms with Crippen LogP contribution in [0.4, 0.5) is 11.4 Å². The molecule has 2 N–H and O–H groups in total. The number of nitrogens with one attached hydrogen (secondary N) is 2. The summed E-state index contributed by atoms with van der Waals surface area (Å²) in [6, 6.07) is 13.8. The van der Waals surface area contributed by atoms with E-state index in [9.17, 15) is 10.1 Å². The Balaban J connectivity index is 2.08. The molecule has 0 fully saturated rings. The third-order valence-corrected chi connectivity index (χ3v) is 4.01. The summed E-state index contributed by atoms with van der Waals surface area (Å²) in [5.74, 6) is 0.436. The second-order valence-electron chi connectivity index (χ2n) is 5.06. The van der Waals surface area contributed by atoms with Gasteiger partial charge < -0.3 is 20.1 Å². The van der Waals surface area contributed by atoms with E-state index in [1.54, 1.807) is 42.5 Å². The number of carbonyl (C=O) groups is 1. The first-order chi connectivity index (χ1) is 13.1. The summed E-state index contributed by atoms with van der Waals surface area (Å²) in [5.41, 5.74) is 1.06. The van der Waals surface area contributed by atoms with Crippen molar-refractivity contribution in [2.75, 3.05) is 24.9 Å². The fourth-order valence-electron chi connectivity index (χ4n) is 2.09. The lowest BCUT2D eigenvalue weighted by Gasteiger charge is -2.10. The highest BCUT2D eigenvalue weighted by atomic mass is 32.2. The van der Waals surface area contributed by atoms with Crippen LogP contribution < -0.4 is 20.1 Å². The van der Waals surface area contributed by atoms with Gasteiger partial charge in [0.25, 0.3) is 5.91 Å². The van der Waals surface area contributed by atoms with Gasteiger partial charge in [0.2, 0.25) is 0 Å². The standard InChI is InChI=1S/C19H16N4O3S/c1-25-17-8-5-15(9-18(17)26-2)23-19(24)13(10-20)11-22-14-3-6-16(7-4-14)27-12-21/h3-9,11,22H,1-2H3,(H,23,24)/b13-11-. The third-order valence-electron chi connectivity index (χ3n) is 3.41. The maximum Gasteiger partial charge on any atom is 0.267 e. The number of anilines is 2. The quantitative estimate of drug-likeness (QED) is 0.326. The molecule has 27 heavy (non-hydrogen) atoms. The van der Waals surface area contributed by atoms with Crippen LogP contribution >= 0.6 is 11.8 Å². The van der Waals surface area contributed by atoms with E-state index in [1.165, 1.54) is 20.4 Å². The molecule has 136 valence electrons. The average Bonchev–Trinajstić information content (AvgIpc) is 2.69. The number of amides is 1.